The van der Waals surface area contributed by atoms with Crippen molar-refractivity contribution in [3.05, 3.63) is 53.6 Å². The van der Waals surface area contributed by atoms with Gasteiger partial charge in [-0.05, 0) is 55.2 Å². The van der Waals surface area contributed by atoms with Crippen molar-refractivity contribution >= 4 is 40.5 Å². The quantitative estimate of drug-likeness (QED) is 0.452. The molecule has 1 aliphatic rings. The summed E-state index contributed by atoms with van der Waals surface area (Å²) in [6.45, 7) is 9.48. The van der Waals surface area contributed by atoms with Crippen LogP contribution in [0.15, 0.2) is 51.9 Å². The molecular weight excluding hydrogens is 414 g/mol. The second kappa shape index (κ2) is 9.13. The molecule has 0 atom stereocenters. The predicted molar refractivity (Wildman–Crippen MR) is 125 cm³/mol. The molecule has 4 nitrogen and oxygen atoms in total. The van der Waals surface area contributed by atoms with Crippen LogP contribution in [-0.4, -0.2) is 27.7 Å². The van der Waals surface area contributed by atoms with Gasteiger partial charge in [0.15, 0.2) is 0 Å². The lowest BCUT2D eigenvalue weighted by atomic mass is 9.94. The Bertz CT molecular complexity index is 1050. The Morgan fingerprint density at radius 1 is 1.17 bits per heavy atom. The molecule has 3 heterocycles. The molecule has 6 heteroatoms. The normalized spacial score (nSPS) is 16.0. The Hall–Kier alpha value is -1.82. The maximum Gasteiger partial charge on any atom is 0.115 e. The minimum absolute atomic E-state index is 0.00854. The molecule has 4 rings (SSSR count). The Labute approximate surface area is 187 Å². The summed E-state index contributed by atoms with van der Waals surface area (Å²) in [6.07, 6.45) is 5.85. The second-order valence-electron chi connectivity index (χ2n) is 8.81. The first-order chi connectivity index (χ1) is 14.4. The molecule has 158 valence electrons. The van der Waals surface area contributed by atoms with Crippen LogP contribution in [0, 0.1) is 5.92 Å². The highest BCUT2D eigenvalue weighted by molar-refractivity contribution is 7.99. The van der Waals surface area contributed by atoms with Gasteiger partial charge in [-0.3, -0.25) is 4.98 Å². The van der Waals surface area contributed by atoms with Gasteiger partial charge in [0.1, 0.15) is 5.82 Å². The fraction of sp³-hybridized carbons (Fsp3) is 0.417. The molecule has 0 saturated carbocycles. The molecule has 0 amide bonds. The van der Waals surface area contributed by atoms with Crippen molar-refractivity contribution in [3.8, 4) is 0 Å². The lowest BCUT2D eigenvalue weighted by Gasteiger charge is -2.26. The van der Waals surface area contributed by atoms with E-state index in [9.17, 15) is 0 Å². The minimum atomic E-state index is -0.00854. The van der Waals surface area contributed by atoms with Crippen LogP contribution in [0.25, 0.3) is 17.1 Å². The number of imidazole rings is 1. The molecule has 1 aromatic carbocycles. The first-order valence-corrected chi connectivity index (χ1v) is 11.7. The zero-order chi connectivity index (χ0) is 21.1. The van der Waals surface area contributed by atoms with Gasteiger partial charge >= 0.3 is 0 Å². The first-order valence-electron chi connectivity index (χ1n) is 10.4. The van der Waals surface area contributed by atoms with E-state index in [-0.39, 0.29) is 5.41 Å². The van der Waals surface area contributed by atoms with E-state index in [1.54, 1.807) is 17.8 Å². The van der Waals surface area contributed by atoms with Gasteiger partial charge in [0.25, 0.3) is 0 Å². The van der Waals surface area contributed by atoms with E-state index in [2.05, 4.69) is 48.5 Å². The van der Waals surface area contributed by atoms with Gasteiger partial charge in [0, 0.05) is 46.7 Å². The number of benzene rings is 1. The second-order valence-corrected chi connectivity index (χ2v) is 10.2. The Morgan fingerprint density at radius 3 is 2.67 bits per heavy atom. The summed E-state index contributed by atoms with van der Waals surface area (Å²) in [5, 5.41) is 0. The highest BCUT2D eigenvalue weighted by Gasteiger charge is 2.25. The smallest absolute Gasteiger partial charge is 0.115 e. The zero-order valence-corrected chi connectivity index (χ0v) is 19.3. The van der Waals surface area contributed by atoms with E-state index in [0.29, 0.717) is 5.92 Å². The molecule has 0 bridgehead atoms. The fourth-order valence-electron chi connectivity index (χ4n) is 3.90. The third-order valence-corrected chi connectivity index (χ3v) is 6.50. The predicted octanol–water partition coefficient (Wildman–Crippen LogP) is 6.52. The molecule has 0 spiro atoms. The summed E-state index contributed by atoms with van der Waals surface area (Å²) in [6, 6.07) is 10.7. The Morgan fingerprint density at radius 2 is 1.93 bits per heavy atom. The summed E-state index contributed by atoms with van der Waals surface area (Å²) < 4.78 is 8.00. The van der Waals surface area contributed by atoms with Crippen molar-refractivity contribution < 1.29 is 4.74 Å². The van der Waals surface area contributed by atoms with Crippen LogP contribution in [-0.2, 0) is 16.7 Å². The number of hydrogen-bond acceptors (Lipinski definition) is 4. The maximum atomic E-state index is 5.69. The van der Waals surface area contributed by atoms with Gasteiger partial charge in [-0.25, -0.2) is 4.98 Å². The number of fused-ring (bicyclic) bond motifs is 1. The lowest BCUT2D eigenvalue weighted by molar-refractivity contribution is 0.0611. The van der Waals surface area contributed by atoms with Crippen molar-refractivity contribution in [3.63, 3.8) is 0 Å². The van der Waals surface area contributed by atoms with Crippen LogP contribution in [0.3, 0.4) is 0 Å². The number of hydrogen-bond donors (Lipinski definition) is 0. The molecule has 0 unspecified atom stereocenters. The molecule has 1 saturated heterocycles. The summed E-state index contributed by atoms with van der Waals surface area (Å²) in [4.78, 5) is 11.7. The monoisotopic (exact) mass is 441 g/mol. The van der Waals surface area contributed by atoms with E-state index < -0.39 is 0 Å². The molecule has 2 aromatic heterocycles. The average Bonchev–Trinajstić information content (AvgIpc) is 3.07. The highest BCUT2D eigenvalue weighted by atomic mass is 35.5. The standard InChI is InChI=1S/C24H28ClN3OS/c1-24(2,3)23-27-21-15-19(30-20-7-11-26-18(14-20)6-10-25)4-5-22(21)28(23)16-17-8-12-29-13-9-17/h4-7,10-11,14-15,17H,8-9,12-13,16H2,1-3H3/b10-6-. The Kier molecular flexibility index (Phi) is 6.51. The highest BCUT2D eigenvalue weighted by Crippen LogP contribution is 2.33. The molecule has 0 N–H and O–H groups in total. The van der Waals surface area contributed by atoms with Crippen molar-refractivity contribution in [2.24, 2.45) is 5.92 Å². The van der Waals surface area contributed by atoms with Crippen LogP contribution in [0.4, 0.5) is 0 Å². The third kappa shape index (κ3) is 4.90. The third-order valence-electron chi connectivity index (χ3n) is 5.39. The van der Waals surface area contributed by atoms with Crippen molar-refractivity contribution in [1.29, 1.82) is 0 Å². The molecule has 30 heavy (non-hydrogen) atoms. The van der Waals surface area contributed by atoms with Crippen LogP contribution in [0.2, 0.25) is 0 Å². The average molecular weight is 442 g/mol. The van der Waals surface area contributed by atoms with E-state index in [1.807, 2.05) is 18.3 Å². The van der Waals surface area contributed by atoms with Gasteiger partial charge < -0.3 is 9.30 Å². The largest absolute Gasteiger partial charge is 0.381 e. The van der Waals surface area contributed by atoms with Crippen LogP contribution in [0.1, 0.15) is 45.1 Å². The summed E-state index contributed by atoms with van der Waals surface area (Å²) in [5.41, 5.74) is 4.61. The number of halogens is 1. The number of nitrogens with zero attached hydrogens (tertiary/aromatic N) is 3. The van der Waals surface area contributed by atoms with E-state index >= 15 is 0 Å². The van der Waals surface area contributed by atoms with Gasteiger partial charge in [0.05, 0.1) is 16.7 Å². The van der Waals surface area contributed by atoms with E-state index in [4.69, 9.17) is 21.3 Å². The molecule has 0 radical (unpaired) electrons. The van der Waals surface area contributed by atoms with Crippen molar-refractivity contribution in [2.75, 3.05) is 13.2 Å². The van der Waals surface area contributed by atoms with E-state index in [0.717, 1.165) is 54.5 Å². The van der Waals surface area contributed by atoms with E-state index in [1.165, 1.54) is 15.9 Å². The fourth-order valence-corrected chi connectivity index (χ4v) is 4.92. The summed E-state index contributed by atoms with van der Waals surface area (Å²) in [5.74, 6) is 1.81. The zero-order valence-electron chi connectivity index (χ0n) is 17.8. The number of ether oxygens (including phenoxy) is 1. The maximum absolute atomic E-state index is 5.69. The number of pyridine rings is 1. The molecule has 1 fully saturated rings. The summed E-state index contributed by atoms with van der Waals surface area (Å²) >= 11 is 7.41. The molecule has 3 aromatic rings. The topological polar surface area (TPSA) is 39.9 Å². The Balaban J connectivity index is 1.66. The number of aromatic nitrogens is 3. The van der Waals surface area contributed by atoms with Crippen LogP contribution in [0.5, 0.6) is 0 Å². The molecule has 0 aliphatic carbocycles. The van der Waals surface area contributed by atoms with Crippen LogP contribution >= 0.6 is 23.4 Å². The van der Waals surface area contributed by atoms with Gasteiger partial charge in [-0.1, -0.05) is 44.1 Å². The first kappa shape index (κ1) is 21.4. The molecule has 1 aliphatic heterocycles. The minimum Gasteiger partial charge on any atom is -0.381 e. The van der Waals surface area contributed by atoms with Crippen molar-refractivity contribution in [1.82, 2.24) is 14.5 Å². The van der Waals surface area contributed by atoms with Gasteiger partial charge in [0.2, 0.25) is 0 Å². The van der Waals surface area contributed by atoms with Crippen molar-refractivity contribution in [2.45, 2.75) is 55.4 Å². The SMILES string of the molecule is CC(C)(C)c1nc2cc(Sc3ccnc(/C=C\Cl)c3)ccc2n1CC1CCOCC1. The van der Waals surface area contributed by atoms with Gasteiger partial charge in [-0.15, -0.1) is 0 Å². The van der Waals surface area contributed by atoms with Gasteiger partial charge in [-0.2, -0.15) is 0 Å². The lowest BCUT2D eigenvalue weighted by Crippen LogP contribution is -2.25. The number of rotatable bonds is 5. The molecular formula is C24H28ClN3OS. The van der Waals surface area contributed by atoms with Crippen LogP contribution < -0.4 is 0 Å². The summed E-state index contributed by atoms with van der Waals surface area (Å²) in [7, 11) is 0.